The van der Waals surface area contributed by atoms with Crippen LogP contribution in [-0.2, 0) is 17.8 Å². The minimum Gasteiger partial charge on any atom is -0.504 e. The van der Waals surface area contributed by atoms with E-state index in [9.17, 15) is 9.90 Å². The van der Waals surface area contributed by atoms with Crippen molar-refractivity contribution in [1.29, 1.82) is 0 Å². The van der Waals surface area contributed by atoms with Crippen LogP contribution in [0.15, 0.2) is 48.5 Å². The lowest BCUT2D eigenvalue weighted by Crippen LogP contribution is -2.00. The topological polar surface area (TPSA) is 66.8 Å². The fourth-order valence-corrected chi connectivity index (χ4v) is 1.70. The number of hydrogen-bond donors (Lipinski definition) is 2. The number of phenols is 1. The monoisotopic (exact) mass is 258 g/mol. The quantitative estimate of drug-likeness (QED) is 0.865. The summed E-state index contributed by atoms with van der Waals surface area (Å²) >= 11 is 0. The van der Waals surface area contributed by atoms with E-state index in [1.54, 1.807) is 12.1 Å². The molecule has 2 N–H and O–H groups in total. The lowest BCUT2D eigenvalue weighted by Gasteiger charge is -2.09. The van der Waals surface area contributed by atoms with Crippen molar-refractivity contribution in [3.8, 4) is 11.5 Å². The average Bonchev–Trinajstić information content (AvgIpc) is 2.38. The van der Waals surface area contributed by atoms with Gasteiger partial charge in [0.2, 0.25) is 0 Å². The van der Waals surface area contributed by atoms with Crippen molar-refractivity contribution in [3.63, 3.8) is 0 Å². The molecule has 0 aromatic heterocycles. The van der Waals surface area contributed by atoms with Gasteiger partial charge in [0.25, 0.3) is 0 Å². The van der Waals surface area contributed by atoms with Gasteiger partial charge in [0.15, 0.2) is 11.5 Å². The van der Waals surface area contributed by atoms with Crippen molar-refractivity contribution >= 4 is 5.97 Å². The zero-order valence-electron chi connectivity index (χ0n) is 10.2. The average molecular weight is 258 g/mol. The number of rotatable bonds is 5. The second kappa shape index (κ2) is 5.91. The van der Waals surface area contributed by atoms with E-state index in [0.29, 0.717) is 17.9 Å². The van der Waals surface area contributed by atoms with Crippen LogP contribution in [0.4, 0.5) is 0 Å². The van der Waals surface area contributed by atoms with Crippen molar-refractivity contribution < 1.29 is 19.7 Å². The summed E-state index contributed by atoms with van der Waals surface area (Å²) in [4.78, 5) is 10.6. The van der Waals surface area contributed by atoms with Gasteiger partial charge in [0.1, 0.15) is 6.61 Å². The summed E-state index contributed by atoms with van der Waals surface area (Å²) in [5, 5.41) is 18.4. The highest BCUT2D eigenvalue weighted by Crippen LogP contribution is 2.27. The Morgan fingerprint density at radius 3 is 2.42 bits per heavy atom. The molecular weight excluding hydrogens is 244 g/mol. The highest BCUT2D eigenvalue weighted by Gasteiger charge is 2.06. The Labute approximate surface area is 110 Å². The Morgan fingerprint density at radius 2 is 1.79 bits per heavy atom. The van der Waals surface area contributed by atoms with Gasteiger partial charge in [0.05, 0.1) is 6.42 Å². The summed E-state index contributed by atoms with van der Waals surface area (Å²) in [7, 11) is 0. The Kier molecular flexibility index (Phi) is 4.03. The Bertz CT molecular complexity index is 564. The minimum atomic E-state index is -0.933. The molecule has 2 aromatic carbocycles. The molecule has 0 bridgehead atoms. The van der Waals surface area contributed by atoms with Crippen LogP contribution in [0.2, 0.25) is 0 Å². The van der Waals surface area contributed by atoms with Gasteiger partial charge in [-0.1, -0.05) is 36.4 Å². The third kappa shape index (κ3) is 3.74. The van der Waals surface area contributed by atoms with E-state index in [-0.39, 0.29) is 12.2 Å². The molecule has 0 aliphatic rings. The number of hydrogen-bond acceptors (Lipinski definition) is 3. The van der Waals surface area contributed by atoms with Gasteiger partial charge in [0, 0.05) is 0 Å². The molecule has 0 heterocycles. The number of carboxylic acid groups (broad SMARTS) is 1. The van der Waals surface area contributed by atoms with Crippen LogP contribution in [0, 0.1) is 0 Å². The second-order valence-electron chi connectivity index (χ2n) is 4.15. The third-order valence-electron chi connectivity index (χ3n) is 2.62. The Morgan fingerprint density at radius 1 is 1.05 bits per heavy atom. The van der Waals surface area contributed by atoms with Crippen LogP contribution in [0.3, 0.4) is 0 Å². The lowest BCUT2D eigenvalue weighted by molar-refractivity contribution is -0.136. The maximum absolute atomic E-state index is 10.6. The summed E-state index contributed by atoms with van der Waals surface area (Å²) in [6, 6.07) is 14.2. The number of carboxylic acids is 1. The second-order valence-corrected chi connectivity index (χ2v) is 4.15. The summed E-state index contributed by atoms with van der Waals surface area (Å²) in [6.45, 7) is 0.354. The number of benzene rings is 2. The van der Waals surface area contributed by atoms with E-state index >= 15 is 0 Å². The molecule has 0 saturated carbocycles. The van der Waals surface area contributed by atoms with Crippen LogP contribution in [-0.4, -0.2) is 16.2 Å². The van der Waals surface area contributed by atoms with Crippen LogP contribution in [0.5, 0.6) is 11.5 Å². The molecule has 0 aliphatic carbocycles. The van der Waals surface area contributed by atoms with Crippen molar-refractivity contribution in [3.05, 3.63) is 59.7 Å². The van der Waals surface area contributed by atoms with Crippen LogP contribution < -0.4 is 4.74 Å². The van der Waals surface area contributed by atoms with E-state index in [1.807, 2.05) is 30.3 Å². The van der Waals surface area contributed by atoms with Gasteiger partial charge in [-0.2, -0.15) is 0 Å². The summed E-state index contributed by atoms with van der Waals surface area (Å²) in [5.74, 6) is -0.634. The SMILES string of the molecule is O=C(O)Cc1ccc(OCc2ccccc2)c(O)c1. The molecule has 0 spiro atoms. The van der Waals surface area contributed by atoms with Gasteiger partial charge < -0.3 is 14.9 Å². The molecule has 4 heteroatoms. The predicted molar refractivity (Wildman–Crippen MR) is 70.2 cm³/mol. The third-order valence-corrected chi connectivity index (χ3v) is 2.62. The molecule has 2 aromatic rings. The van der Waals surface area contributed by atoms with Gasteiger partial charge in [-0.3, -0.25) is 4.79 Å². The maximum atomic E-state index is 10.6. The van der Waals surface area contributed by atoms with E-state index in [0.717, 1.165) is 5.56 Å². The van der Waals surface area contributed by atoms with E-state index < -0.39 is 5.97 Å². The molecule has 98 valence electrons. The highest BCUT2D eigenvalue weighted by molar-refractivity contribution is 5.70. The molecule has 0 saturated heterocycles. The zero-order valence-corrected chi connectivity index (χ0v) is 10.2. The first-order valence-corrected chi connectivity index (χ1v) is 5.85. The van der Waals surface area contributed by atoms with Crippen LogP contribution >= 0.6 is 0 Å². The van der Waals surface area contributed by atoms with E-state index in [1.165, 1.54) is 6.07 Å². The summed E-state index contributed by atoms with van der Waals surface area (Å²) in [6.07, 6.45) is -0.119. The predicted octanol–water partition coefficient (Wildman–Crippen LogP) is 2.60. The lowest BCUT2D eigenvalue weighted by atomic mass is 10.1. The molecule has 2 rings (SSSR count). The Balaban J connectivity index is 2.03. The van der Waals surface area contributed by atoms with Crippen LogP contribution in [0.25, 0.3) is 0 Å². The smallest absolute Gasteiger partial charge is 0.307 e. The highest BCUT2D eigenvalue weighted by atomic mass is 16.5. The van der Waals surface area contributed by atoms with Crippen LogP contribution in [0.1, 0.15) is 11.1 Å². The normalized spacial score (nSPS) is 10.1. The molecule has 0 aliphatic heterocycles. The van der Waals surface area contributed by atoms with E-state index in [4.69, 9.17) is 9.84 Å². The number of phenolic OH excluding ortho intramolecular Hbond substituents is 1. The van der Waals surface area contributed by atoms with Gasteiger partial charge in [-0.15, -0.1) is 0 Å². The molecule has 0 atom stereocenters. The number of carbonyl (C=O) groups is 1. The summed E-state index contributed by atoms with van der Waals surface area (Å²) in [5.41, 5.74) is 1.54. The molecule has 0 amide bonds. The fraction of sp³-hybridized carbons (Fsp3) is 0.133. The molecule has 0 fully saturated rings. The first kappa shape index (κ1) is 13.0. The number of aromatic hydroxyl groups is 1. The standard InChI is InChI=1S/C15H14O4/c16-13-8-12(9-15(17)18)6-7-14(13)19-10-11-4-2-1-3-5-11/h1-8,16H,9-10H2,(H,17,18). The van der Waals surface area contributed by atoms with E-state index in [2.05, 4.69) is 0 Å². The van der Waals surface area contributed by atoms with Crippen molar-refractivity contribution in [2.24, 2.45) is 0 Å². The molecule has 0 unspecified atom stereocenters. The van der Waals surface area contributed by atoms with Gasteiger partial charge >= 0.3 is 5.97 Å². The minimum absolute atomic E-state index is 0.0466. The van der Waals surface area contributed by atoms with Gasteiger partial charge in [-0.05, 0) is 23.3 Å². The molecule has 19 heavy (non-hydrogen) atoms. The molecule has 4 nitrogen and oxygen atoms in total. The number of ether oxygens (including phenoxy) is 1. The largest absolute Gasteiger partial charge is 0.504 e. The van der Waals surface area contributed by atoms with Gasteiger partial charge in [-0.25, -0.2) is 0 Å². The first-order chi connectivity index (χ1) is 9.15. The zero-order chi connectivity index (χ0) is 13.7. The summed E-state index contributed by atoms with van der Waals surface area (Å²) < 4.78 is 5.49. The van der Waals surface area contributed by atoms with Crippen molar-refractivity contribution in [2.45, 2.75) is 13.0 Å². The molecule has 0 radical (unpaired) electrons. The maximum Gasteiger partial charge on any atom is 0.307 e. The molecular formula is C15H14O4. The first-order valence-electron chi connectivity index (χ1n) is 5.85. The fourth-order valence-electron chi connectivity index (χ4n) is 1.70. The number of aliphatic carboxylic acids is 1. The van der Waals surface area contributed by atoms with Crippen molar-refractivity contribution in [1.82, 2.24) is 0 Å². The Hall–Kier alpha value is -2.49. The van der Waals surface area contributed by atoms with Crippen molar-refractivity contribution in [2.75, 3.05) is 0 Å².